The molecule has 0 amide bonds. The molecule has 0 N–H and O–H groups in total. The highest BCUT2D eigenvalue weighted by Crippen LogP contribution is 2.26. The van der Waals surface area contributed by atoms with Gasteiger partial charge in [0, 0.05) is 26.4 Å². The molecule has 1 aliphatic carbocycles. The number of ether oxygens (including phenoxy) is 1. The lowest BCUT2D eigenvalue weighted by atomic mass is 10.1. The van der Waals surface area contributed by atoms with E-state index in [1.807, 2.05) is 7.11 Å². The predicted molar refractivity (Wildman–Crippen MR) is 64.8 cm³/mol. The molecule has 0 bridgehead atoms. The average molecular weight is 222 g/mol. The molecule has 0 radical (unpaired) electrons. The van der Waals surface area contributed by atoms with E-state index in [1.165, 1.54) is 36.3 Å². The van der Waals surface area contributed by atoms with Crippen molar-refractivity contribution in [3.63, 3.8) is 0 Å². The first-order chi connectivity index (χ1) is 7.83. The molecule has 2 heteroatoms. The van der Waals surface area contributed by atoms with Gasteiger partial charge in [0.2, 0.25) is 0 Å². The number of unbranched alkanes of at least 4 members (excludes halogenated alkanes) is 1. The Kier molecular flexibility index (Phi) is 4.05. The lowest BCUT2D eigenvalue weighted by Crippen LogP contribution is -2.11. The van der Waals surface area contributed by atoms with E-state index in [9.17, 15) is 0 Å². The molecule has 2 rings (SSSR count). The summed E-state index contributed by atoms with van der Waals surface area (Å²) < 4.78 is 11.4. The Bertz CT molecular complexity index is 327. The zero-order valence-corrected chi connectivity index (χ0v) is 10.4. The van der Waals surface area contributed by atoms with Crippen molar-refractivity contribution in [2.24, 2.45) is 0 Å². The number of rotatable bonds is 4. The van der Waals surface area contributed by atoms with Crippen LogP contribution in [0.1, 0.15) is 49.7 Å². The van der Waals surface area contributed by atoms with Crippen LogP contribution < -0.4 is 0 Å². The molecule has 90 valence electrons. The number of methoxy groups -OCH3 is 1. The van der Waals surface area contributed by atoms with Crippen molar-refractivity contribution in [2.75, 3.05) is 7.11 Å². The summed E-state index contributed by atoms with van der Waals surface area (Å²) in [4.78, 5) is 0. The molecule has 0 aliphatic heterocycles. The molecular weight excluding hydrogens is 200 g/mol. The number of fused-ring (bicyclic) bond motifs is 1. The summed E-state index contributed by atoms with van der Waals surface area (Å²) in [5.74, 6) is 2.38. The van der Waals surface area contributed by atoms with Gasteiger partial charge in [-0.15, -0.1) is 0 Å². The normalized spacial score (nSPS) is 20.5. The van der Waals surface area contributed by atoms with Gasteiger partial charge in [0.15, 0.2) is 0 Å². The first-order valence-electron chi connectivity index (χ1n) is 6.46. The number of aryl methyl sites for hydroxylation is 2. The Hall–Kier alpha value is -0.760. The number of furan rings is 1. The van der Waals surface area contributed by atoms with Crippen molar-refractivity contribution in [3.8, 4) is 0 Å². The lowest BCUT2D eigenvalue weighted by Gasteiger charge is -2.10. The van der Waals surface area contributed by atoms with Crippen LogP contribution in [0.3, 0.4) is 0 Å². The predicted octanol–water partition coefficient (Wildman–Crippen LogP) is 3.52. The SMILES string of the molecule is CCCCc1cc2c(o1)CCC[C@H](OC)C2. The molecule has 0 saturated heterocycles. The zero-order chi connectivity index (χ0) is 11.4. The van der Waals surface area contributed by atoms with Crippen molar-refractivity contribution < 1.29 is 9.15 Å². The molecule has 0 saturated carbocycles. The van der Waals surface area contributed by atoms with Crippen molar-refractivity contribution in [2.45, 2.75) is 58.0 Å². The molecule has 0 unspecified atom stereocenters. The Balaban J connectivity index is 2.07. The topological polar surface area (TPSA) is 22.4 Å². The minimum absolute atomic E-state index is 0.387. The standard InChI is InChI=1S/C14H22O2/c1-3-4-6-13-10-11-9-12(15-2)7-5-8-14(11)16-13/h10,12H,3-9H2,1-2H3/t12-/m0/s1. The monoisotopic (exact) mass is 222 g/mol. The van der Waals surface area contributed by atoms with Gasteiger partial charge in [0.1, 0.15) is 11.5 Å². The molecule has 1 aromatic rings. The quantitative estimate of drug-likeness (QED) is 0.727. The summed E-state index contributed by atoms with van der Waals surface area (Å²) in [7, 11) is 1.81. The summed E-state index contributed by atoms with van der Waals surface area (Å²) in [6, 6.07) is 2.25. The first kappa shape index (κ1) is 11.7. The molecule has 2 nitrogen and oxygen atoms in total. The maximum absolute atomic E-state index is 5.93. The zero-order valence-electron chi connectivity index (χ0n) is 10.4. The van der Waals surface area contributed by atoms with Gasteiger partial charge in [0.05, 0.1) is 6.10 Å². The molecule has 0 fully saturated rings. The van der Waals surface area contributed by atoms with E-state index in [1.54, 1.807) is 0 Å². The van der Waals surface area contributed by atoms with Crippen LogP contribution in [0.15, 0.2) is 10.5 Å². The van der Waals surface area contributed by atoms with Gasteiger partial charge in [-0.25, -0.2) is 0 Å². The van der Waals surface area contributed by atoms with Gasteiger partial charge in [-0.1, -0.05) is 13.3 Å². The summed E-state index contributed by atoms with van der Waals surface area (Å²) in [5, 5.41) is 0. The summed E-state index contributed by atoms with van der Waals surface area (Å²) >= 11 is 0. The van der Waals surface area contributed by atoms with E-state index in [4.69, 9.17) is 9.15 Å². The van der Waals surface area contributed by atoms with Gasteiger partial charge in [-0.2, -0.15) is 0 Å². The van der Waals surface area contributed by atoms with E-state index in [-0.39, 0.29) is 0 Å². The van der Waals surface area contributed by atoms with Crippen molar-refractivity contribution >= 4 is 0 Å². The average Bonchev–Trinajstić information content (AvgIpc) is 2.57. The largest absolute Gasteiger partial charge is 0.466 e. The van der Waals surface area contributed by atoms with Crippen molar-refractivity contribution in [1.82, 2.24) is 0 Å². The molecular formula is C14H22O2. The lowest BCUT2D eigenvalue weighted by molar-refractivity contribution is 0.0960. The number of hydrogen-bond acceptors (Lipinski definition) is 2. The molecule has 1 atom stereocenters. The number of hydrogen-bond donors (Lipinski definition) is 0. The van der Waals surface area contributed by atoms with E-state index in [2.05, 4.69) is 13.0 Å². The Morgan fingerprint density at radius 1 is 1.50 bits per heavy atom. The molecule has 1 heterocycles. The molecule has 1 aliphatic rings. The Labute approximate surface area is 98.0 Å². The van der Waals surface area contributed by atoms with Gasteiger partial charge in [0.25, 0.3) is 0 Å². The molecule has 0 aromatic carbocycles. The smallest absolute Gasteiger partial charge is 0.107 e. The highest BCUT2D eigenvalue weighted by molar-refractivity contribution is 5.24. The third-order valence-electron chi connectivity index (χ3n) is 3.44. The van der Waals surface area contributed by atoms with Crippen LogP contribution in [0, 0.1) is 0 Å². The van der Waals surface area contributed by atoms with Crippen LogP contribution in [-0.2, 0) is 24.0 Å². The third-order valence-corrected chi connectivity index (χ3v) is 3.44. The summed E-state index contributed by atoms with van der Waals surface area (Å²) in [5.41, 5.74) is 1.38. The van der Waals surface area contributed by atoms with Crippen LogP contribution in [0.25, 0.3) is 0 Å². The van der Waals surface area contributed by atoms with Gasteiger partial charge < -0.3 is 9.15 Å². The van der Waals surface area contributed by atoms with Crippen molar-refractivity contribution in [3.05, 3.63) is 23.2 Å². The van der Waals surface area contributed by atoms with Crippen LogP contribution >= 0.6 is 0 Å². The first-order valence-corrected chi connectivity index (χ1v) is 6.46. The van der Waals surface area contributed by atoms with E-state index < -0.39 is 0 Å². The second-order valence-corrected chi connectivity index (χ2v) is 4.72. The molecule has 0 spiro atoms. The minimum atomic E-state index is 0.387. The van der Waals surface area contributed by atoms with Gasteiger partial charge in [-0.3, -0.25) is 0 Å². The van der Waals surface area contributed by atoms with Crippen LogP contribution in [0.2, 0.25) is 0 Å². The van der Waals surface area contributed by atoms with E-state index in [0.29, 0.717) is 6.10 Å². The van der Waals surface area contributed by atoms with Crippen LogP contribution in [0.4, 0.5) is 0 Å². The van der Waals surface area contributed by atoms with Crippen molar-refractivity contribution in [1.29, 1.82) is 0 Å². The maximum atomic E-state index is 5.93. The Morgan fingerprint density at radius 3 is 3.12 bits per heavy atom. The maximum Gasteiger partial charge on any atom is 0.107 e. The highest BCUT2D eigenvalue weighted by Gasteiger charge is 2.19. The summed E-state index contributed by atoms with van der Waals surface area (Å²) in [6.07, 6.45) is 8.38. The highest BCUT2D eigenvalue weighted by atomic mass is 16.5. The van der Waals surface area contributed by atoms with Gasteiger partial charge in [-0.05, 0) is 30.9 Å². The van der Waals surface area contributed by atoms with Crippen LogP contribution in [-0.4, -0.2) is 13.2 Å². The second-order valence-electron chi connectivity index (χ2n) is 4.72. The molecule has 16 heavy (non-hydrogen) atoms. The minimum Gasteiger partial charge on any atom is -0.466 e. The van der Waals surface area contributed by atoms with Gasteiger partial charge >= 0.3 is 0 Å². The fourth-order valence-corrected chi connectivity index (χ4v) is 2.43. The van der Waals surface area contributed by atoms with Crippen LogP contribution in [0.5, 0.6) is 0 Å². The summed E-state index contributed by atoms with van der Waals surface area (Å²) in [6.45, 7) is 2.22. The second kappa shape index (κ2) is 5.53. The Morgan fingerprint density at radius 2 is 2.38 bits per heavy atom. The fourth-order valence-electron chi connectivity index (χ4n) is 2.43. The third kappa shape index (κ3) is 2.67. The molecule has 1 aromatic heterocycles. The fraction of sp³-hybridized carbons (Fsp3) is 0.714. The van der Waals surface area contributed by atoms with E-state index >= 15 is 0 Å². The van der Waals surface area contributed by atoms with E-state index in [0.717, 1.165) is 25.7 Å².